The van der Waals surface area contributed by atoms with Crippen molar-refractivity contribution in [3.63, 3.8) is 0 Å². The van der Waals surface area contributed by atoms with Crippen LogP contribution < -0.4 is 0 Å². The summed E-state index contributed by atoms with van der Waals surface area (Å²) in [6, 6.07) is 0. The van der Waals surface area contributed by atoms with Gasteiger partial charge in [-0.15, -0.1) is 23.5 Å². The molecule has 0 unspecified atom stereocenters. The van der Waals surface area contributed by atoms with E-state index in [9.17, 15) is 5.11 Å². The lowest BCUT2D eigenvalue weighted by Crippen LogP contribution is -2.21. The van der Waals surface area contributed by atoms with Gasteiger partial charge in [0.25, 0.3) is 0 Å². The second kappa shape index (κ2) is 4.77. The number of allylic oxidation sites excluding steroid dienone is 1. The molecule has 13 heavy (non-hydrogen) atoms. The molecule has 0 atom stereocenters. The smallest absolute Gasteiger partial charge is 0.387 e. The highest BCUT2D eigenvalue weighted by Crippen LogP contribution is 2.45. The first-order valence-corrected chi connectivity index (χ1v) is 6.13. The maximum atomic E-state index is 9.35. The summed E-state index contributed by atoms with van der Waals surface area (Å²) < 4.78 is 0.0452. The summed E-state index contributed by atoms with van der Waals surface area (Å²) in [6.45, 7) is 2.11. The van der Waals surface area contributed by atoms with E-state index in [0.717, 1.165) is 17.7 Å². The summed E-state index contributed by atoms with van der Waals surface area (Å²) in [4.78, 5) is 2.80. The van der Waals surface area contributed by atoms with E-state index >= 15 is 0 Å². The minimum absolute atomic E-state index is 0.0452. The second-order valence-electron chi connectivity index (χ2n) is 3.10. The fourth-order valence-electron chi connectivity index (χ4n) is 1.22. The van der Waals surface area contributed by atoms with Crippen molar-refractivity contribution >= 4 is 23.5 Å². The van der Waals surface area contributed by atoms with E-state index in [0.29, 0.717) is 6.42 Å². The summed E-state index contributed by atoms with van der Waals surface area (Å²) in [5, 5.41) is 17.6. The highest BCUT2D eigenvalue weighted by Gasteiger charge is 2.30. The fourth-order valence-corrected chi connectivity index (χ4v) is 4.18. The SMILES string of the molecule is CC1(C/C(O)=C/[N+]#N)SCCCS1. The van der Waals surface area contributed by atoms with Gasteiger partial charge in [0.05, 0.1) is 4.08 Å². The Bertz CT molecular complexity index is 241. The van der Waals surface area contributed by atoms with Crippen molar-refractivity contribution < 1.29 is 5.11 Å². The first kappa shape index (κ1) is 10.7. The predicted molar refractivity (Wildman–Crippen MR) is 58.4 cm³/mol. The molecule has 1 aliphatic heterocycles. The molecular weight excluding hydrogens is 204 g/mol. The Labute approximate surface area is 86.6 Å². The molecular formula is C8H13N2OS2+. The molecule has 0 radical (unpaired) electrons. The zero-order valence-corrected chi connectivity index (χ0v) is 9.20. The van der Waals surface area contributed by atoms with Gasteiger partial charge in [0.1, 0.15) is 0 Å². The molecule has 5 heteroatoms. The molecule has 1 rings (SSSR count). The van der Waals surface area contributed by atoms with Gasteiger partial charge in [-0.2, -0.15) is 0 Å². The van der Waals surface area contributed by atoms with Gasteiger partial charge in [-0.25, -0.2) is 0 Å². The predicted octanol–water partition coefficient (Wildman–Crippen LogP) is 3.22. The van der Waals surface area contributed by atoms with E-state index in [1.54, 1.807) is 0 Å². The van der Waals surface area contributed by atoms with Crippen molar-refractivity contribution in [2.75, 3.05) is 11.5 Å². The van der Waals surface area contributed by atoms with Crippen LogP contribution in [0.2, 0.25) is 0 Å². The summed E-state index contributed by atoms with van der Waals surface area (Å²) in [5.41, 5.74) is 0. The lowest BCUT2D eigenvalue weighted by atomic mass is 10.3. The van der Waals surface area contributed by atoms with Crippen molar-refractivity contribution in [1.82, 2.24) is 0 Å². The molecule has 3 nitrogen and oxygen atoms in total. The average Bonchev–Trinajstić information content (AvgIpc) is 2.04. The first-order valence-electron chi connectivity index (χ1n) is 4.16. The van der Waals surface area contributed by atoms with Crippen LogP contribution in [0.5, 0.6) is 0 Å². The molecule has 1 heterocycles. The van der Waals surface area contributed by atoms with Gasteiger partial charge < -0.3 is 5.11 Å². The van der Waals surface area contributed by atoms with Crippen LogP contribution in [0.15, 0.2) is 12.0 Å². The molecule has 1 fully saturated rings. The summed E-state index contributed by atoms with van der Waals surface area (Å²) in [6.07, 6.45) is 2.90. The van der Waals surface area contributed by atoms with Gasteiger partial charge in [0, 0.05) is 6.42 Å². The van der Waals surface area contributed by atoms with Crippen LogP contribution in [0, 0.1) is 5.39 Å². The Balaban J connectivity index is 2.51. The Morgan fingerprint density at radius 3 is 2.77 bits per heavy atom. The number of hydrogen-bond acceptors (Lipinski definition) is 4. The normalized spacial score (nSPS) is 22.3. The van der Waals surface area contributed by atoms with Crippen LogP contribution in [0.4, 0.5) is 0 Å². The Kier molecular flexibility index (Phi) is 3.94. The van der Waals surface area contributed by atoms with Gasteiger partial charge in [-0.05, 0) is 24.9 Å². The molecule has 1 aliphatic rings. The molecule has 1 N–H and O–H groups in total. The highest BCUT2D eigenvalue weighted by molar-refractivity contribution is 8.18. The van der Waals surface area contributed by atoms with Gasteiger partial charge in [-0.1, -0.05) is 0 Å². The Hall–Kier alpha value is -0.340. The lowest BCUT2D eigenvalue weighted by Gasteiger charge is -2.31. The minimum Gasteiger partial charge on any atom is -0.505 e. The van der Waals surface area contributed by atoms with E-state index in [-0.39, 0.29) is 9.84 Å². The van der Waals surface area contributed by atoms with Crippen molar-refractivity contribution in [2.24, 2.45) is 0 Å². The van der Waals surface area contributed by atoms with Crippen molar-refractivity contribution in [3.05, 3.63) is 16.9 Å². The third-order valence-corrected chi connectivity index (χ3v) is 5.02. The summed E-state index contributed by atoms with van der Waals surface area (Å²) in [5.74, 6) is 2.44. The maximum absolute atomic E-state index is 9.35. The van der Waals surface area contributed by atoms with Crippen LogP contribution >= 0.6 is 23.5 Å². The summed E-state index contributed by atoms with van der Waals surface area (Å²) >= 11 is 3.72. The minimum atomic E-state index is 0.0452. The van der Waals surface area contributed by atoms with E-state index < -0.39 is 0 Å². The number of hydrogen-bond donors (Lipinski definition) is 1. The third-order valence-electron chi connectivity index (χ3n) is 1.81. The quantitative estimate of drug-likeness (QED) is 0.570. The number of diazo groups is 1. The molecule has 0 aromatic carbocycles. The average molecular weight is 217 g/mol. The van der Waals surface area contributed by atoms with Crippen LogP contribution in [0.25, 0.3) is 4.98 Å². The van der Waals surface area contributed by atoms with Gasteiger partial charge >= 0.3 is 6.20 Å². The zero-order valence-electron chi connectivity index (χ0n) is 7.56. The van der Waals surface area contributed by atoms with Crippen LogP contribution in [-0.2, 0) is 0 Å². The number of thioether (sulfide) groups is 2. The molecule has 0 bridgehead atoms. The van der Waals surface area contributed by atoms with E-state index in [2.05, 4.69) is 11.9 Å². The third kappa shape index (κ3) is 3.49. The molecule has 0 aliphatic carbocycles. The van der Waals surface area contributed by atoms with E-state index in [4.69, 9.17) is 5.39 Å². The number of aliphatic hydroxyl groups excluding tert-OH is 1. The number of nitrogens with zero attached hydrogens (tertiary/aromatic N) is 2. The highest BCUT2D eigenvalue weighted by atomic mass is 32.2. The largest absolute Gasteiger partial charge is 0.505 e. The number of aliphatic hydroxyl groups is 1. The van der Waals surface area contributed by atoms with Gasteiger partial charge in [0.2, 0.25) is 5.39 Å². The van der Waals surface area contributed by atoms with Crippen molar-refractivity contribution in [1.29, 1.82) is 5.39 Å². The van der Waals surface area contributed by atoms with Crippen molar-refractivity contribution in [3.8, 4) is 0 Å². The number of rotatable bonds is 2. The molecule has 0 aromatic rings. The van der Waals surface area contributed by atoms with Crippen LogP contribution in [0.1, 0.15) is 19.8 Å². The topological polar surface area (TPSA) is 48.4 Å². The zero-order chi connectivity index (χ0) is 9.73. The standard InChI is InChI=1S/C8H12N2OS2/c1-8(5-7(11)6-10-9)12-3-2-4-13-8/h6H,2-5H2,1H3/p+1/b7-6-. The van der Waals surface area contributed by atoms with Crippen LogP contribution in [0.3, 0.4) is 0 Å². The molecule has 0 aromatic heterocycles. The Morgan fingerprint density at radius 2 is 2.23 bits per heavy atom. The molecule has 0 saturated carbocycles. The van der Waals surface area contributed by atoms with E-state index in [1.807, 2.05) is 23.5 Å². The molecule has 1 saturated heterocycles. The van der Waals surface area contributed by atoms with Gasteiger partial charge in [-0.3, -0.25) is 0 Å². The van der Waals surface area contributed by atoms with E-state index in [1.165, 1.54) is 6.42 Å². The molecule has 0 spiro atoms. The second-order valence-corrected chi connectivity index (χ2v) is 6.55. The lowest BCUT2D eigenvalue weighted by molar-refractivity contribution is 0.385. The monoisotopic (exact) mass is 217 g/mol. The summed E-state index contributed by atoms with van der Waals surface area (Å²) in [7, 11) is 0. The fraction of sp³-hybridized carbons (Fsp3) is 0.750. The first-order chi connectivity index (χ1) is 6.16. The maximum Gasteiger partial charge on any atom is 0.387 e. The molecule has 0 amide bonds. The molecule has 72 valence electrons. The Morgan fingerprint density at radius 1 is 1.62 bits per heavy atom. The van der Waals surface area contributed by atoms with Gasteiger partial charge in [0.15, 0.2) is 10.7 Å². The van der Waals surface area contributed by atoms with Crippen molar-refractivity contribution in [2.45, 2.75) is 23.8 Å². The van der Waals surface area contributed by atoms with Crippen LogP contribution in [-0.4, -0.2) is 20.7 Å².